The molecule has 0 bridgehead atoms. The molecule has 0 aliphatic carbocycles. The van der Waals surface area contributed by atoms with Crippen LogP contribution in [0.25, 0.3) is 21.7 Å². The minimum atomic E-state index is -0.612. The van der Waals surface area contributed by atoms with Crippen LogP contribution < -0.4 is 5.63 Å². The molecule has 0 amide bonds. The minimum Gasteiger partial charge on any atom is -0.422 e. The summed E-state index contributed by atoms with van der Waals surface area (Å²) >= 11 is 0. The second-order valence-corrected chi connectivity index (χ2v) is 4.32. The zero-order valence-electron chi connectivity index (χ0n) is 10.1. The number of hydrogen-bond acceptors (Lipinski definition) is 3. The van der Waals surface area contributed by atoms with E-state index in [1.54, 1.807) is 24.3 Å². The molecule has 3 aromatic rings. The van der Waals surface area contributed by atoms with Crippen molar-refractivity contribution in [2.24, 2.45) is 0 Å². The van der Waals surface area contributed by atoms with Crippen LogP contribution in [-0.4, -0.2) is 5.78 Å². The molecule has 1 aromatic heterocycles. The summed E-state index contributed by atoms with van der Waals surface area (Å²) in [5.41, 5.74) is -0.356. The van der Waals surface area contributed by atoms with Gasteiger partial charge in [-0.1, -0.05) is 18.2 Å². The average molecular weight is 256 g/mol. The number of Topliss-reactive ketones (excluding diaryl/α,β-unsaturated/α-hetero) is 1. The highest BCUT2D eigenvalue weighted by atomic mass is 19.1. The molecule has 94 valence electrons. The standard InChI is InChI=1S/C15H9FO3/c1-8(17)11-7-14-12(6-13(11)16)9-4-2-3-5-10(9)15(18)19-14/h2-7H,1H3. The lowest BCUT2D eigenvalue weighted by atomic mass is 10.0. The van der Waals surface area contributed by atoms with Gasteiger partial charge in [-0.2, -0.15) is 0 Å². The molecule has 0 spiro atoms. The molecule has 0 radical (unpaired) electrons. The molecule has 0 atom stereocenters. The first kappa shape index (κ1) is 11.6. The van der Waals surface area contributed by atoms with E-state index in [-0.39, 0.29) is 11.1 Å². The van der Waals surface area contributed by atoms with Crippen LogP contribution in [0.4, 0.5) is 4.39 Å². The van der Waals surface area contributed by atoms with Gasteiger partial charge in [0.2, 0.25) is 0 Å². The first-order valence-corrected chi connectivity index (χ1v) is 5.74. The topological polar surface area (TPSA) is 47.3 Å². The quantitative estimate of drug-likeness (QED) is 0.381. The summed E-state index contributed by atoms with van der Waals surface area (Å²) in [6.07, 6.45) is 0. The van der Waals surface area contributed by atoms with Gasteiger partial charge in [-0.25, -0.2) is 9.18 Å². The first-order valence-electron chi connectivity index (χ1n) is 5.74. The third kappa shape index (κ3) is 1.73. The van der Waals surface area contributed by atoms with E-state index < -0.39 is 17.2 Å². The van der Waals surface area contributed by atoms with Crippen molar-refractivity contribution in [3.05, 3.63) is 58.2 Å². The Morgan fingerprint density at radius 3 is 2.47 bits per heavy atom. The van der Waals surface area contributed by atoms with Gasteiger partial charge in [-0.05, 0) is 25.1 Å². The van der Waals surface area contributed by atoms with Crippen LogP contribution in [0.3, 0.4) is 0 Å². The highest BCUT2D eigenvalue weighted by molar-refractivity contribution is 6.06. The van der Waals surface area contributed by atoms with Crippen molar-refractivity contribution in [1.29, 1.82) is 0 Å². The SMILES string of the molecule is CC(=O)c1cc2oc(=O)c3ccccc3c2cc1F. The van der Waals surface area contributed by atoms with Gasteiger partial charge < -0.3 is 4.42 Å². The summed E-state index contributed by atoms with van der Waals surface area (Å²) in [6, 6.07) is 9.33. The Morgan fingerprint density at radius 2 is 1.79 bits per heavy atom. The zero-order chi connectivity index (χ0) is 13.6. The summed E-state index contributed by atoms with van der Waals surface area (Å²) in [7, 11) is 0. The smallest absolute Gasteiger partial charge is 0.344 e. The molecule has 0 aliphatic rings. The molecule has 3 nitrogen and oxygen atoms in total. The Bertz CT molecular complexity index is 878. The molecule has 1 heterocycles. The summed E-state index contributed by atoms with van der Waals surface area (Å²) in [4.78, 5) is 23.1. The van der Waals surface area contributed by atoms with Gasteiger partial charge in [0.25, 0.3) is 0 Å². The third-order valence-electron chi connectivity index (χ3n) is 3.09. The van der Waals surface area contributed by atoms with Gasteiger partial charge in [0.05, 0.1) is 10.9 Å². The number of rotatable bonds is 1. The Morgan fingerprint density at radius 1 is 1.11 bits per heavy atom. The predicted molar refractivity (Wildman–Crippen MR) is 70.0 cm³/mol. The van der Waals surface area contributed by atoms with E-state index in [1.165, 1.54) is 19.1 Å². The van der Waals surface area contributed by atoms with Crippen LogP contribution in [0, 0.1) is 5.82 Å². The van der Waals surface area contributed by atoms with Crippen molar-refractivity contribution in [2.75, 3.05) is 0 Å². The molecular formula is C15H9FO3. The largest absolute Gasteiger partial charge is 0.422 e. The normalized spacial score (nSPS) is 11.1. The van der Waals surface area contributed by atoms with E-state index in [9.17, 15) is 14.0 Å². The fourth-order valence-corrected chi connectivity index (χ4v) is 2.17. The lowest BCUT2D eigenvalue weighted by Crippen LogP contribution is -2.02. The molecule has 2 aromatic carbocycles. The monoisotopic (exact) mass is 256 g/mol. The summed E-state index contributed by atoms with van der Waals surface area (Å²) in [6.45, 7) is 1.27. The fraction of sp³-hybridized carbons (Fsp3) is 0.0667. The molecule has 19 heavy (non-hydrogen) atoms. The van der Waals surface area contributed by atoms with E-state index in [4.69, 9.17) is 4.42 Å². The van der Waals surface area contributed by atoms with Crippen LogP contribution >= 0.6 is 0 Å². The molecule has 0 aliphatic heterocycles. The first-order chi connectivity index (χ1) is 9.08. The van der Waals surface area contributed by atoms with E-state index >= 15 is 0 Å². The van der Waals surface area contributed by atoms with Gasteiger partial charge in [0, 0.05) is 10.8 Å². The van der Waals surface area contributed by atoms with Crippen molar-refractivity contribution in [3.63, 3.8) is 0 Å². The highest BCUT2D eigenvalue weighted by Crippen LogP contribution is 2.25. The molecule has 0 fully saturated rings. The van der Waals surface area contributed by atoms with Crippen LogP contribution in [0.5, 0.6) is 0 Å². The summed E-state index contributed by atoms with van der Waals surface area (Å²) in [5, 5.41) is 1.49. The lowest BCUT2D eigenvalue weighted by molar-refractivity contribution is 0.101. The molecule has 0 saturated heterocycles. The van der Waals surface area contributed by atoms with Gasteiger partial charge in [-0.3, -0.25) is 4.79 Å². The van der Waals surface area contributed by atoms with Gasteiger partial charge in [-0.15, -0.1) is 0 Å². The number of carbonyl (C=O) groups is 1. The Kier molecular flexibility index (Phi) is 2.45. The molecule has 0 N–H and O–H groups in total. The van der Waals surface area contributed by atoms with Gasteiger partial charge >= 0.3 is 5.63 Å². The van der Waals surface area contributed by atoms with E-state index in [1.807, 2.05) is 0 Å². The number of carbonyl (C=O) groups excluding carboxylic acids is 1. The fourth-order valence-electron chi connectivity index (χ4n) is 2.17. The van der Waals surface area contributed by atoms with Crippen LogP contribution in [0.15, 0.2) is 45.6 Å². The molecule has 0 unspecified atom stereocenters. The van der Waals surface area contributed by atoms with Crippen molar-refractivity contribution in [3.8, 4) is 0 Å². The van der Waals surface area contributed by atoms with Crippen LogP contribution in [0.1, 0.15) is 17.3 Å². The third-order valence-corrected chi connectivity index (χ3v) is 3.09. The van der Waals surface area contributed by atoms with E-state index in [0.29, 0.717) is 16.2 Å². The predicted octanol–water partition coefficient (Wildman–Crippen LogP) is 3.29. The minimum absolute atomic E-state index is 0.0778. The summed E-state index contributed by atoms with van der Waals surface area (Å²) < 4.78 is 19.0. The van der Waals surface area contributed by atoms with Gasteiger partial charge in [0.15, 0.2) is 5.78 Å². The van der Waals surface area contributed by atoms with Crippen molar-refractivity contribution < 1.29 is 13.6 Å². The Hall–Kier alpha value is -2.49. The van der Waals surface area contributed by atoms with Crippen molar-refractivity contribution >= 4 is 27.5 Å². The second kappa shape index (κ2) is 4.02. The number of benzene rings is 2. The van der Waals surface area contributed by atoms with Crippen LogP contribution in [0.2, 0.25) is 0 Å². The average Bonchev–Trinajstić information content (AvgIpc) is 2.39. The Balaban J connectivity index is 2.54. The molecule has 0 saturated carbocycles. The number of fused-ring (bicyclic) bond motifs is 3. The van der Waals surface area contributed by atoms with Crippen molar-refractivity contribution in [2.45, 2.75) is 6.92 Å². The number of halogens is 1. The van der Waals surface area contributed by atoms with E-state index in [0.717, 1.165) is 0 Å². The maximum Gasteiger partial charge on any atom is 0.344 e. The number of hydrogen-bond donors (Lipinski definition) is 0. The maximum atomic E-state index is 13.9. The molecule has 3 rings (SSSR count). The Labute approximate surface area is 107 Å². The van der Waals surface area contributed by atoms with Crippen molar-refractivity contribution in [1.82, 2.24) is 0 Å². The van der Waals surface area contributed by atoms with E-state index in [2.05, 4.69) is 0 Å². The van der Waals surface area contributed by atoms with Gasteiger partial charge in [0.1, 0.15) is 11.4 Å². The molecular weight excluding hydrogens is 247 g/mol. The lowest BCUT2D eigenvalue weighted by Gasteiger charge is -2.05. The zero-order valence-corrected chi connectivity index (χ0v) is 10.1. The molecule has 4 heteroatoms. The highest BCUT2D eigenvalue weighted by Gasteiger charge is 2.13. The second-order valence-electron chi connectivity index (χ2n) is 4.32. The number of ketones is 1. The van der Waals surface area contributed by atoms with Crippen LogP contribution in [-0.2, 0) is 0 Å². The summed E-state index contributed by atoms with van der Waals surface area (Å²) in [5.74, 6) is -1.02. The maximum absolute atomic E-state index is 13.9.